The summed E-state index contributed by atoms with van der Waals surface area (Å²) < 4.78 is 2.84. The average molecular weight is 202 g/mol. The van der Waals surface area contributed by atoms with Crippen molar-refractivity contribution in [3.63, 3.8) is 0 Å². The molecule has 1 rings (SSSR count). The van der Waals surface area contributed by atoms with Crippen LogP contribution < -0.4 is 0 Å². The molecular weight excluding hydrogens is 194 g/mol. The third kappa shape index (κ3) is 1.29. The van der Waals surface area contributed by atoms with Gasteiger partial charge >= 0.3 is 0 Å². The summed E-state index contributed by atoms with van der Waals surface area (Å²) in [5.74, 6) is 0. The fraction of sp³-hybridized carbons (Fsp3) is 0.286. The highest BCUT2D eigenvalue weighted by Crippen LogP contribution is 2.12. The van der Waals surface area contributed by atoms with Crippen molar-refractivity contribution in [2.45, 2.75) is 13.5 Å². The molecule has 0 spiro atoms. The first kappa shape index (κ1) is 7.54. The molecule has 0 unspecified atom stereocenters. The van der Waals surface area contributed by atoms with Crippen LogP contribution in [-0.2, 0) is 6.54 Å². The van der Waals surface area contributed by atoms with Gasteiger partial charge in [0.25, 0.3) is 0 Å². The van der Waals surface area contributed by atoms with Crippen molar-refractivity contribution in [1.29, 1.82) is 0 Å². The Labute approximate surface area is 68.0 Å². The molecule has 0 aliphatic rings. The Kier molecular flexibility index (Phi) is 2.27. The molecule has 54 valence electrons. The van der Waals surface area contributed by atoms with Crippen LogP contribution in [0.15, 0.2) is 16.7 Å². The van der Waals surface area contributed by atoms with Crippen LogP contribution in [0.3, 0.4) is 0 Å². The normalized spacial score (nSPS) is 9.80. The fourth-order valence-electron chi connectivity index (χ4n) is 0.860. The van der Waals surface area contributed by atoms with Crippen molar-refractivity contribution in [1.82, 2.24) is 4.57 Å². The molecule has 0 N–H and O–H groups in total. The van der Waals surface area contributed by atoms with Gasteiger partial charge in [-0.05, 0) is 28.9 Å². The number of aryl methyl sites for hydroxylation is 1. The van der Waals surface area contributed by atoms with Gasteiger partial charge in [0, 0.05) is 17.2 Å². The summed E-state index contributed by atoms with van der Waals surface area (Å²) in [6, 6.07) is 1.80. The van der Waals surface area contributed by atoms with Gasteiger partial charge in [0.2, 0.25) is 0 Å². The lowest BCUT2D eigenvalue weighted by Gasteiger charge is -1.96. The van der Waals surface area contributed by atoms with Crippen LogP contribution in [-0.4, -0.2) is 10.9 Å². The van der Waals surface area contributed by atoms with E-state index in [-0.39, 0.29) is 0 Å². The molecule has 0 amide bonds. The molecule has 3 heteroatoms. The van der Waals surface area contributed by atoms with E-state index in [0.29, 0.717) is 0 Å². The Morgan fingerprint density at radius 1 is 1.80 bits per heavy atom. The summed E-state index contributed by atoms with van der Waals surface area (Å²) in [7, 11) is 0. The number of aldehydes is 1. The number of nitrogens with zero attached hydrogens (tertiary/aromatic N) is 1. The summed E-state index contributed by atoms with van der Waals surface area (Å²) in [5, 5.41) is 0. The maximum absolute atomic E-state index is 10.4. The fourth-order valence-corrected chi connectivity index (χ4v) is 1.34. The monoisotopic (exact) mass is 201 g/mol. The summed E-state index contributed by atoms with van der Waals surface area (Å²) in [6.07, 6.45) is 2.75. The van der Waals surface area contributed by atoms with Crippen molar-refractivity contribution in [2.24, 2.45) is 0 Å². The largest absolute Gasteiger partial charge is 0.344 e. The number of hydrogen-bond donors (Lipinski definition) is 0. The van der Waals surface area contributed by atoms with Crippen LogP contribution in [0.1, 0.15) is 17.4 Å². The smallest absolute Gasteiger partial charge is 0.166 e. The SMILES string of the molecule is CCn1cc(Br)cc1C=O. The van der Waals surface area contributed by atoms with E-state index >= 15 is 0 Å². The molecule has 1 aromatic heterocycles. The molecule has 1 heterocycles. The van der Waals surface area contributed by atoms with Gasteiger partial charge in [-0.25, -0.2) is 0 Å². The molecular formula is C7H8BrNO. The van der Waals surface area contributed by atoms with Crippen molar-refractivity contribution >= 4 is 22.2 Å². The van der Waals surface area contributed by atoms with Gasteiger partial charge in [0.05, 0.1) is 5.69 Å². The third-order valence-corrected chi connectivity index (χ3v) is 1.79. The highest BCUT2D eigenvalue weighted by Gasteiger charge is 1.99. The minimum atomic E-state index is 0.717. The third-order valence-electron chi connectivity index (χ3n) is 1.36. The second-order valence-electron chi connectivity index (χ2n) is 1.99. The van der Waals surface area contributed by atoms with Crippen molar-refractivity contribution in [3.8, 4) is 0 Å². The molecule has 0 saturated carbocycles. The molecule has 0 aromatic carbocycles. The van der Waals surface area contributed by atoms with Gasteiger partial charge in [0.15, 0.2) is 6.29 Å². The van der Waals surface area contributed by atoms with E-state index in [1.807, 2.05) is 17.7 Å². The Hall–Kier alpha value is -0.570. The molecule has 0 fully saturated rings. The lowest BCUT2D eigenvalue weighted by Crippen LogP contribution is -1.96. The number of carbonyl (C=O) groups excluding carboxylic acids is 1. The summed E-state index contributed by atoms with van der Waals surface area (Å²) in [6.45, 7) is 2.83. The molecule has 0 aliphatic carbocycles. The lowest BCUT2D eigenvalue weighted by molar-refractivity contribution is 0.111. The molecule has 0 aliphatic heterocycles. The first-order valence-corrected chi connectivity index (χ1v) is 3.88. The second kappa shape index (κ2) is 3.01. The minimum Gasteiger partial charge on any atom is -0.344 e. The molecule has 0 saturated heterocycles. The maximum Gasteiger partial charge on any atom is 0.166 e. The van der Waals surface area contributed by atoms with Crippen molar-refractivity contribution in [3.05, 3.63) is 22.4 Å². The molecule has 0 bridgehead atoms. The van der Waals surface area contributed by atoms with Crippen LogP contribution in [0.25, 0.3) is 0 Å². The summed E-state index contributed by atoms with van der Waals surface area (Å²) >= 11 is 3.28. The number of halogens is 1. The van der Waals surface area contributed by atoms with Gasteiger partial charge in [-0.1, -0.05) is 0 Å². The average Bonchev–Trinajstić information content (AvgIpc) is 2.30. The van der Waals surface area contributed by atoms with E-state index in [2.05, 4.69) is 15.9 Å². The quantitative estimate of drug-likeness (QED) is 0.673. The summed E-state index contributed by atoms with van der Waals surface area (Å²) in [5.41, 5.74) is 0.717. The molecule has 10 heavy (non-hydrogen) atoms. The highest BCUT2D eigenvalue weighted by molar-refractivity contribution is 9.10. The minimum absolute atomic E-state index is 0.717. The van der Waals surface area contributed by atoms with Crippen LogP contribution in [0.4, 0.5) is 0 Å². The van der Waals surface area contributed by atoms with Gasteiger partial charge in [-0.2, -0.15) is 0 Å². The number of carbonyl (C=O) groups is 1. The van der Waals surface area contributed by atoms with Gasteiger partial charge < -0.3 is 4.57 Å². The number of rotatable bonds is 2. The van der Waals surface area contributed by atoms with Gasteiger partial charge in [-0.15, -0.1) is 0 Å². The Bertz CT molecular complexity index is 242. The van der Waals surface area contributed by atoms with E-state index in [1.54, 1.807) is 6.07 Å². The van der Waals surface area contributed by atoms with Crippen LogP contribution >= 0.6 is 15.9 Å². The van der Waals surface area contributed by atoms with E-state index in [4.69, 9.17) is 0 Å². The number of hydrogen-bond acceptors (Lipinski definition) is 1. The van der Waals surface area contributed by atoms with Crippen LogP contribution in [0, 0.1) is 0 Å². The lowest BCUT2D eigenvalue weighted by atomic mass is 10.5. The zero-order valence-electron chi connectivity index (χ0n) is 5.67. The molecule has 0 atom stereocenters. The van der Waals surface area contributed by atoms with E-state index < -0.39 is 0 Å². The topological polar surface area (TPSA) is 22.0 Å². The molecule has 0 radical (unpaired) electrons. The Balaban J connectivity index is 3.08. The van der Waals surface area contributed by atoms with Crippen molar-refractivity contribution in [2.75, 3.05) is 0 Å². The predicted molar refractivity (Wildman–Crippen MR) is 43.2 cm³/mol. The predicted octanol–water partition coefficient (Wildman–Crippen LogP) is 2.08. The Morgan fingerprint density at radius 3 is 2.90 bits per heavy atom. The Morgan fingerprint density at radius 2 is 2.50 bits per heavy atom. The highest BCUT2D eigenvalue weighted by atomic mass is 79.9. The van der Waals surface area contributed by atoms with E-state index in [1.165, 1.54) is 0 Å². The summed E-state index contributed by atoms with van der Waals surface area (Å²) in [4.78, 5) is 10.4. The van der Waals surface area contributed by atoms with Gasteiger partial charge in [-0.3, -0.25) is 4.79 Å². The second-order valence-corrected chi connectivity index (χ2v) is 2.90. The molecule has 2 nitrogen and oxygen atoms in total. The first-order chi connectivity index (χ1) is 4.77. The number of aromatic nitrogens is 1. The first-order valence-electron chi connectivity index (χ1n) is 3.08. The zero-order valence-corrected chi connectivity index (χ0v) is 7.26. The maximum atomic E-state index is 10.4. The van der Waals surface area contributed by atoms with Gasteiger partial charge in [0.1, 0.15) is 0 Å². The van der Waals surface area contributed by atoms with Crippen LogP contribution in [0.2, 0.25) is 0 Å². The zero-order chi connectivity index (χ0) is 7.56. The van der Waals surface area contributed by atoms with Crippen LogP contribution in [0.5, 0.6) is 0 Å². The standard InChI is InChI=1S/C7H8BrNO/c1-2-9-4-6(8)3-7(9)5-10/h3-5H,2H2,1H3. The van der Waals surface area contributed by atoms with Crippen molar-refractivity contribution < 1.29 is 4.79 Å². The van der Waals surface area contributed by atoms with E-state index in [0.717, 1.165) is 23.0 Å². The molecule has 1 aromatic rings. The van der Waals surface area contributed by atoms with E-state index in [9.17, 15) is 4.79 Å².